The predicted molar refractivity (Wildman–Crippen MR) is 101 cm³/mol. The van der Waals surface area contributed by atoms with E-state index in [1.807, 2.05) is 13.8 Å². The molecule has 0 aliphatic rings. The molecule has 1 amide bonds. The van der Waals surface area contributed by atoms with Crippen molar-refractivity contribution >= 4 is 23.1 Å². The first-order valence-electron chi connectivity index (χ1n) is 7.69. The quantitative estimate of drug-likeness (QED) is 0.188. The van der Waals surface area contributed by atoms with Gasteiger partial charge in [0, 0.05) is 11.1 Å². The van der Waals surface area contributed by atoms with Gasteiger partial charge in [-0.1, -0.05) is 13.8 Å². The van der Waals surface area contributed by atoms with Crippen LogP contribution >= 0.6 is 0 Å². The fraction of sp³-hybridized carbons (Fsp3) is 0.176. The minimum atomic E-state index is -0.302. The Bertz CT molecular complexity index is 728. The van der Waals surface area contributed by atoms with E-state index in [0.29, 0.717) is 28.3 Å². The van der Waals surface area contributed by atoms with Crippen LogP contribution in [-0.4, -0.2) is 18.9 Å². The molecule has 0 saturated carbocycles. The molecule has 0 unspecified atom stereocenters. The summed E-state index contributed by atoms with van der Waals surface area (Å²) in [5.74, 6) is 11.2. The van der Waals surface area contributed by atoms with Gasteiger partial charge < -0.3 is 27.1 Å². The molecular formula is C17H24N6O2. The van der Waals surface area contributed by atoms with Gasteiger partial charge in [-0.05, 0) is 42.5 Å². The molecule has 2 rings (SSSR count). The lowest BCUT2D eigenvalue weighted by atomic mass is 10.1. The monoisotopic (exact) mass is 344 g/mol. The van der Waals surface area contributed by atoms with Crippen LogP contribution in [0.4, 0.5) is 11.4 Å². The zero-order valence-corrected chi connectivity index (χ0v) is 14.5. The van der Waals surface area contributed by atoms with E-state index in [2.05, 4.69) is 15.8 Å². The predicted octanol–water partition coefficient (Wildman–Crippen LogP) is 1.64. The SMILES string of the molecule is CC.COc1ccc(C(=O)Nc2cc(/C(=N/N)NN)ccc2N)cc1. The highest BCUT2D eigenvalue weighted by atomic mass is 16.5. The van der Waals surface area contributed by atoms with Crippen LogP contribution in [0.5, 0.6) is 5.75 Å². The molecule has 8 N–H and O–H groups in total. The van der Waals surface area contributed by atoms with Gasteiger partial charge >= 0.3 is 0 Å². The summed E-state index contributed by atoms with van der Waals surface area (Å²) in [6.45, 7) is 4.00. The number of anilines is 2. The van der Waals surface area contributed by atoms with Gasteiger partial charge in [-0.3, -0.25) is 4.79 Å². The van der Waals surface area contributed by atoms with Crippen molar-refractivity contribution in [2.24, 2.45) is 16.8 Å². The van der Waals surface area contributed by atoms with Crippen LogP contribution < -0.4 is 32.9 Å². The van der Waals surface area contributed by atoms with E-state index >= 15 is 0 Å². The second-order valence-electron chi connectivity index (χ2n) is 4.61. The molecule has 0 atom stereocenters. The molecule has 2 aromatic rings. The first kappa shape index (κ1) is 19.8. The molecule has 8 nitrogen and oxygen atoms in total. The van der Waals surface area contributed by atoms with Gasteiger partial charge in [0.05, 0.1) is 18.5 Å². The number of hydrazone groups is 1. The van der Waals surface area contributed by atoms with E-state index in [9.17, 15) is 4.79 Å². The highest BCUT2D eigenvalue weighted by Gasteiger charge is 2.11. The zero-order chi connectivity index (χ0) is 18.8. The molecule has 0 aliphatic heterocycles. The average molecular weight is 344 g/mol. The van der Waals surface area contributed by atoms with Crippen LogP contribution in [0.2, 0.25) is 0 Å². The van der Waals surface area contributed by atoms with Gasteiger partial charge in [-0.2, -0.15) is 5.10 Å². The number of rotatable bonds is 4. The van der Waals surface area contributed by atoms with Crippen molar-refractivity contribution in [3.8, 4) is 5.75 Å². The summed E-state index contributed by atoms with van der Waals surface area (Å²) < 4.78 is 5.06. The Labute approximate surface area is 147 Å². The average Bonchev–Trinajstić information content (AvgIpc) is 2.66. The number of hydrogen-bond donors (Lipinski definition) is 5. The fourth-order valence-corrected chi connectivity index (χ4v) is 1.94. The van der Waals surface area contributed by atoms with E-state index < -0.39 is 0 Å². The molecule has 8 heteroatoms. The lowest BCUT2D eigenvalue weighted by Gasteiger charge is -2.11. The number of nitrogens with one attached hydrogen (secondary N) is 2. The number of methoxy groups -OCH3 is 1. The number of ether oxygens (including phenoxy) is 1. The molecule has 0 saturated heterocycles. The summed E-state index contributed by atoms with van der Waals surface area (Å²) in [5.41, 5.74) is 10.2. The summed E-state index contributed by atoms with van der Waals surface area (Å²) >= 11 is 0. The minimum absolute atomic E-state index is 0.268. The number of carbonyl (C=O) groups is 1. The van der Waals surface area contributed by atoms with E-state index in [1.165, 1.54) is 0 Å². The number of hydrazine groups is 1. The Morgan fingerprint density at radius 2 is 1.68 bits per heavy atom. The molecule has 0 spiro atoms. The van der Waals surface area contributed by atoms with Crippen molar-refractivity contribution in [1.29, 1.82) is 0 Å². The van der Waals surface area contributed by atoms with Gasteiger partial charge in [0.25, 0.3) is 5.91 Å². The number of amides is 1. The second kappa shape index (κ2) is 9.78. The van der Waals surface area contributed by atoms with E-state index in [4.69, 9.17) is 22.2 Å². The number of nitrogens with zero attached hydrogens (tertiary/aromatic N) is 1. The summed E-state index contributed by atoms with van der Waals surface area (Å²) in [6.07, 6.45) is 0. The van der Waals surface area contributed by atoms with Crippen LogP contribution in [0.3, 0.4) is 0 Å². The van der Waals surface area contributed by atoms with Crippen LogP contribution in [0, 0.1) is 0 Å². The minimum Gasteiger partial charge on any atom is -0.497 e. The van der Waals surface area contributed by atoms with Gasteiger partial charge in [0.15, 0.2) is 5.84 Å². The number of amidine groups is 1. The summed E-state index contributed by atoms with van der Waals surface area (Å²) in [5, 5.41) is 6.26. The Morgan fingerprint density at radius 1 is 1.08 bits per heavy atom. The van der Waals surface area contributed by atoms with Crippen LogP contribution in [0.25, 0.3) is 0 Å². The maximum Gasteiger partial charge on any atom is 0.255 e. The number of carbonyl (C=O) groups excluding carboxylic acids is 1. The highest BCUT2D eigenvalue weighted by Crippen LogP contribution is 2.21. The highest BCUT2D eigenvalue weighted by molar-refractivity contribution is 6.07. The summed E-state index contributed by atoms with van der Waals surface area (Å²) in [4.78, 5) is 12.3. The fourth-order valence-electron chi connectivity index (χ4n) is 1.94. The third-order valence-corrected chi connectivity index (χ3v) is 3.19. The van der Waals surface area contributed by atoms with Gasteiger partial charge in [-0.25, -0.2) is 5.84 Å². The normalized spacial score (nSPS) is 10.3. The van der Waals surface area contributed by atoms with Crippen molar-refractivity contribution in [3.05, 3.63) is 53.6 Å². The Hall–Kier alpha value is -3.26. The van der Waals surface area contributed by atoms with E-state index in [-0.39, 0.29) is 11.7 Å². The lowest BCUT2D eigenvalue weighted by Crippen LogP contribution is -2.32. The first-order chi connectivity index (χ1) is 12.1. The van der Waals surface area contributed by atoms with Gasteiger partial charge in [0.1, 0.15) is 5.75 Å². The largest absolute Gasteiger partial charge is 0.497 e. The molecule has 0 bridgehead atoms. The van der Waals surface area contributed by atoms with E-state index in [0.717, 1.165) is 0 Å². The molecule has 0 aromatic heterocycles. The molecule has 25 heavy (non-hydrogen) atoms. The standard InChI is InChI=1S/C15H18N6O2.C2H6/c1-23-11-5-2-9(3-6-11)15(22)19-13-8-10(4-7-12(13)16)14(20-17)21-18;1-2/h2-8H,16-18H2,1H3,(H,19,22)(H,20,21);1-2H3. The third-order valence-electron chi connectivity index (χ3n) is 3.19. The topological polar surface area (TPSA) is 141 Å². The van der Waals surface area contributed by atoms with E-state index in [1.54, 1.807) is 49.6 Å². The number of nitrogens with two attached hydrogens (primary N) is 3. The summed E-state index contributed by atoms with van der Waals surface area (Å²) in [7, 11) is 1.56. The summed E-state index contributed by atoms with van der Waals surface area (Å²) in [6, 6.07) is 11.6. The molecule has 0 heterocycles. The maximum atomic E-state index is 12.3. The molecule has 0 fully saturated rings. The first-order valence-corrected chi connectivity index (χ1v) is 7.69. The van der Waals surface area contributed by atoms with Crippen molar-refractivity contribution in [1.82, 2.24) is 5.43 Å². The number of hydrogen-bond acceptors (Lipinski definition) is 6. The van der Waals surface area contributed by atoms with Crippen LogP contribution in [0.1, 0.15) is 29.8 Å². The van der Waals surface area contributed by atoms with Gasteiger partial charge in [0.2, 0.25) is 0 Å². The Morgan fingerprint density at radius 3 is 2.20 bits per heavy atom. The molecular weight excluding hydrogens is 320 g/mol. The van der Waals surface area contributed by atoms with Crippen LogP contribution in [0.15, 0.2) is 47.6 Å². The van der Waals surface area contributed by atoms with Crippen molar-refractivity contribution in [3.63, 3.8) is 0 Å². The maximum absolute atomic E-state index is 12.3. The molecule has 0 aliphatic carbocycles. The Balaban J connectivity index is 0.00000151. The number of nitrogen functional groups attached to an aromatic ring is 1. The van der Waals surface area contributed by atoms with Gasteiger partial charge in [-0.15, -0.1) is 0 Å². The molecule has 134 valence electrons. The van der Waals surface area contributed by atoms with Crippen LogP contribution in [-0.2, 0) is 0 Å². The van der Waals surface area contributed by atoms with Crippen molar-refractivity contribution < 1.29 is 9.53 Å². The molecule has 2 aromatic carbocycles. The van der Waals surface area contributed by atoms with Crippen molar-refractivity contribution in [2.75, 3.05) is 18.2 Å². The molecule has 0 radical (unpaired) electrons. The zero-order valence-electron chi connectivity index (χ0n) is 14.5. The Kier molecular flexibility index (Phi) is 7.74. The number of benzene rings is 2. The third kappa shape index (κ3) is 5.11. The van der Waals surface area contributed by atoms with Crippen molar-refractivity contribution in [2.45, 2.75) is 13.8 Å². The smallest absolute Gasteiger partial charge is 0.255 e. The second-order valence-corrected chi connectivity index (χ2v) is 4.61. The lowest BCUT2D eigenvalue weighted by molar-refractivity contribution is 0.102.